The van der Waals surface area contributed by atoms with Crippen LogP contribution in [-0.4, -0.2) is 37.0 Å². The lowest BCUT2D eigenvalue weighted by atomic mass is 9.82. The van der Waals surface area contributed by atoms with Gasteiger partial charge in [0.25, 0.3) is 0 Å². The number of ketones is 2. The second-order valence-electron chi connectivity index (χ2n) is 5.07. The lowest BCUT2D eigenvalue weighted by molar-refractivity contribution is 0.0958. The lowest BCUT2D eigenvalue weighted by Crippen LogP contribution is -2.23. The second kappa shape index (κ2) is 5.69. The summed E-state index contributed by atoms with van der Waals surface area (Å²) in [5, 5.41) is 9.53. The third-order valence-electron chi connectivity index (χ3n) is 3.57. The monoisotopic (exact) mass is 290 g/mol. The van der Waals surface area contributed by atoms with Crippen molar-refractivity contribution in [3.63, 3.8) is 0 Å². The molecule has 0 saturated carbocycles. The maximum absolute atomic E-state index is 12.6. The summed E-state index contributed by atoms with van der Waals surface area (Å²) in [6.45, 7) is 3.18. The Bertz CT molecular complexity index is 640. The summed E-state index contributed by atoms with van der Waals surface area (Å²) >= 11 is 0. The smallest absolute Gasteiger partial charge is 0.193 e. The van der Waals surface area contributed by atoms with E-state index < -0.39 is 6.10 Å². The molecule has 0 aliphatic heterocycles. The molecule has 112 valence electrons. The predicted molar refractivity (Wildman–Crippen MR) is 77.2 cm³/mol. The summed E-state index contributed by atoms with van der Waals surface area (Å²) in [5.41, 5.74) is 1.22. The number of rotatable bonds is 4. The first-order chi connectivity index (χ1) is 9.90. The summed E-state index contributed by atoms with van der Waals surface area (Å²) in [4.78, 5) is 25.1. The van der Waals surface area contributed by atoms with E-state index in [1.807, 2.05) is 0 Å². The van der Waals surface area contributed by atoms with Crippen molar-refractivity contribution in [2.24, 2.45) is 0 Å². The van der Waals surface area contributed by atoms with Gasteiger partial charge in [0.15, 0.2) is 11.6 Å². The van der Waals surface area contributed by atoms with Crippen molar-refractivity contribution in [1.82, 2.24) is 0 Å². The number of hydrogen-bond acceptors (Lipinski definition) is 5. The van der Waals surface area contributed by atoms with Crippen molar-refractivity contribution in [2.45, 2.75) is 26.4 Å². The van der Waals surface area contributed by atoms with Crippen molar-refractivity contribution < 1.29 is 24.2 Å². The number of aliphatic hydroxyl groups excluding tert-OH is 1. The van der Waals surface area contributed by atoms with Crippen LogP contribution in [0, 0.1) is 0 Å². The number of benzene rings is 1. The highest BCUT2D eigenvalue weighted by molar-refractivity contribution is 6.27. The number of methoxy groups -OCH3 is 2. The summed E-state index contributed by atoms with van der Waals surface area (Å²) < 4.78 is 10.4. The molecule has 1 aromatic rings. The average molecular weight is 290 g/mol. The van der Waals surface area contributed by atoms with Crippen LogP contribution >= 0.6 is 0 Å². The molecule has 1 aromatic carbocycles. The fourth-order valence-corrected chi connectivity index (χ4v) is 2.48. The maximum Gasteiger partial charge on any atom is 0.193 e. The molecular weight excluding hydrogens is 272 g/mol. The summed E-state index contributed by atoms with van der Waals surface area (Å²) in [6, 6.07) is 3.11. The normalized spacial score (nSPS) is 15.9. The van der Waals surface area contributed by atoms with E-state index in [0.717, 1.165) is 0 Å². The van der Waals surface area contributed by atoms with Crippen molar-refractivity contribution in [3.05, 3.63) is 34.4 Å². The molecule has 2 rings (SSSR count). The van der Waals surface area contributed by atoms with Crippen LogP contribution in [-0.2, 0) is 0 Å². The fraction of sp³-hybridized carbons (Fsp3) is 0.375. The maximum atomic E-state index is 12.6. The first-order valence-corrected chi connectivity index (χ1v) is 6.64. The molecule has 0 spiro atoms. The molecule has 1 atom stereocenters. The quantitative estimate of drug-likeness (QED) is 0.920. The Morgan fingerprint density at radius 2 is 1.81 bits per heavy atom. The van der Waals surface area contributed by atoms with Gasteiger partial charge in [-0.05, 0) is 19.9 Å². The summed E-state index contributed by atoms with van der Waals surface area (Å²) in [7, 11) is 2.92. The van der Waals surface area contributed by atoms with Crippen LogP contribution in [0.5, 0.6) is 11.5 Å². The van der Waals surface area contributed by atoms with Gasteiger partial charge in [-0.1, -0.05) is 0 Å². The van der Waals surface area contributed by atoms with Crippen LogP contribution in [0.1, 0.15) is 41.0 Å². The highest BCUT2D eigenvalue weighted by Crippen LogP contribution is 2.37. The van der Waals surface area contributed by atoms with Gasteiger partial charge < -0.3 is 14.6 Å². The zero-order valence-electron chi connectivity index (χ0n) is 12.5. The van der Waals surface area contributed by atoms with E-state index in [2.05, 4.69) is 0 Å². The van der Waals surface area contributed by atoms with E-state index in [1.165, 1.54) is 20.3 Å². The van der Waals surface area contributed by atoms with Crippen molar-refractivity contribution in [2.75, 3.05) is 14.2 Å². The molecule has 1 aliphatic carbocycles. The third-order valence-corrected chi connectivity index (χ3v) is 3.57. The van der Waals surface area contributed by atoms with E-state index in [9.17, 15) is 14.7 Å². The molecule has 0 heterocycles. The zero-order chi connectivity index (χ0) is 15.7. The molecule has 0 saturated heterocycles. The van der Waals surface area contributed by atoms with Gasteiger partial charge in [-0.25, -0.2) is 0 Å². The minimum absolute atomic E-state index is 0.148. The Morgan fingerprint density at radius 3 is 2.33 bits per heavy atom. The minimum Gasteiger partial charge on any atom is -0.497 e. The standard InChI is InChI=1S/C16H18O5/c1-8(17)5-11-9(2)15(18)14-12(16(11)19)6-10(20-3)7-13(14)21-4/h6-8,17H,5H2,1-4H3. The number of hydrogen-bond donors (Lipinski definition) is 1. The van der Waals surface area contributed by atoms with Crippen LogP contribution in [0.2, 0.25) is 0 Å². The number of ether oxygens (including phenoxy) is 2. The van der Waals surface area contributed by atoms with Crippen LogP contribution in [0.4, 0.5) is 0 Å². The van der Waals surface area contributed by atoms with Gasteiger partial charge in [0, 0.05) is 29.2 Å². The van der Waals surface area contributed by atoms with Crippen molar-refractivity contribution in [1.29, 1.82) is 0 Å². The number of carbonyl (C=O) groups is 2. The molecule has 5 nitrogen and oxygen atoms in total. The average Bonchev–Trinajstić information content (AvgIpc) is 2.47. The Hall–Kier alpha value is -2.14. The number of fused-ring (bicyclic) bond motifs is 1. The SMILES string of the molecule is COc1cc(OC)c2c(c1)C(=O)C(CC(C)O)=C(C)C2=O. The van der Waals surface area contributed by atoms with E-state index in [-0.39, 0.29) is 29.1 Å². The summed E-state index contributed by atoms with van der Waals surface area (Å²) in [6.07, 6.45) is -0.546. The Morgan fingerprint density at radius 1 is 1.14 bits per heavy atom. The van der Waals surface area contributed by atoms with Gasteiger partial charge >= 0.3 is 0 Å². The van der Waals surface area contributed by atoms with E-state index in [4.69, 9.17) is 9.47 Å². The molecule has 1 N–H and O–H groups in total. The van der Waals surface area contributed by atoms with Gasteiger partial charge in [-0.2, -0.15) is 0 Å². The number of allylic oxidation sites excluding steroid dienone is 1. The molecule has 0 amide bonds. The molecule has 0 radical (unpaired) electrons. The first kappa shape index (κ1) is 15.3. The van der Waals surface area contributed by atoms with Gasteiger partial charge in [0.05, 0.1) is 25.9 Å². The van der Waals surface area contributed by atoms with E-state index in [0.29, 0.717) is 22.6 Å². The molecule has 0 bridgehead atoms. The predicted octanol–water partition coefficient (Wildman–Crippen LogP) is 2.17. The largest absolute Gasteiger partial charge is 0.497 e. The number of Topliss-reactive ketones (excluding diaryl/α,β-unsaturated/α-hetero) is 2. The number of aliphatic hydroxyl groups is 1. The van der Waals surface area contributed by atoms with Crippen molar-refractivity contribution in [3.8, 4) is 11.5 Å². The van der Waals surface area contributed by atoms with Crippen molar-refractivity contribution >= 4 is 11.6 Å². The minimum atomic E-state index is -0.694. The Labute approximate surface area is 123 Å². The highest BCUT2D eigenvalue weighted by atomic mass is 16.5. The third kappa shape index (κ3) is 2.56. The molecule has 0 fully saturated rings. The number of carbonyl (C=O) groups excluding carboxylic acids is 2. The molecular formula is C16H18O5. The van der Waals surface area contributed by atoms with Crippen LogP contribution in [0.3, 0.4) is 0 Å². The molecule has 1 unspecified atom stereocenters. The second-order valence-corrected chi connectivity index (χ2v) is 5.07. The summed E-state index contributed by atoms with van der Waals surface area (Å²) in [5.74, 6) is 0.251. The van der Waals surface area contributed by atoms with Crippen LogP contribution in [0.25, 0.3) is 0 Å². The topological polar surface area (TPSA) is 72.8 Å². The van der Waals surface area contributed by atoms with E-state index in [1.54, 1.807) is 19.9 Å². The van der Waals surface area contributed by atoms with Gasteiger partial charge in [0.1, 0.15) is 11.5 Å². The van der Waals surface area contributed by atoms with Gasteiger partial charge in [-0.3, -0.25) is 9.59 Å². The lowest BCUT2D eigenvalue weighted by Gasteiger charge is -2.22. The van der Waals surface area contributed by atoms with Gasteiger partial charge in [-0.15, -0.1) is 0 Å². The molecule has 21 heavy (non-hydrogen) atoms. The Balaban J connectivity index is 2.66. The highest BCUT2D eigenvalue weighted by Gasteiger charge is 2.33. The molecule has 5 heteroatoms. The molecule has 1 aliphatic rings. The van der Waals surface area contributed by atoms with Gasteiger partial charge in [0.2, 0.25) is 0 Å². The van der Waals surface area contributed by atoms with Crippen LogP contribution in [0.15, 0.2) is 23.3 Å². The van der Waals surface area contributed by atoms with Crippen LogP contribution < -0.4 is 9.47 Å². The fourth-order valence-electron chi connectivity index (χ4n) is 2.48. The van der Waals surface area contributed by atoms with E-state index >= 15 is 0 Å². The Kier molecular flexibility index (Phi) is 4.14. The molecule has 0 aromatic heterocycles. The zero-order valence-corrected chi connectivity index (χ0v) is 12.5. The first-order valence-electron chi connectivity index (χ1n) is 6.64.